The molecule has 0 amide bonds. The zero-order valence-electron chi connectivity index (χ0n) is 24.4. The first kappa shape index (κ1) is 25.5. The van der Waals surface area contributed by atoms with Gasteiger partial charge in [-0.1, -0.05) is 133 Å². The largest absolute Gasteiger partial charge is 0.456 e. The monoisotopic (exact) mass is 573 g/mol. The number of pyridine rings is 1. The van der Waals surface area contributed by atoms with Crippen molar-refractivity contribution in [2.75, 3.05) is 0 Å². The van der Waals surface area contributed by atoms with Gasteiger partial charge in [0.2, 0.25) is 0 Å². The molecule has 0 saturated carbocycles. The molecule has 2 nitrogen and oxygen atoms in total. The van der Waals surface area contributed by atoms with Crippen molar-refractivity contribution in [2.24, 2.45) is 0 Å². The highest BCUT2D eigenvalue weighted by Crippen LogP contribution is 2.43. The highest BCUT2D eigenvalue weighted by molar-refractivity contribution is 6.21. The second-order valence-corrected chi connectivity index (χ2v) is 11.5. The molecule has 2 heterocycles. The van der Waals surface area contributed by atoms with Crippen molar-refractivity contribution < 1.29 is 4.42 Å². The Morgan fingerprint density at radius 2 is 0.844 bits per heavy atom. The minimum absolute atomic E-state index is 0.913. The lowest BCUT2D eigenvalue weighted by Gasteiger charge is -2.17. The Morgan fingerprint density at radius 3 is 1.49 bits per heavy atom. The minimum Gasteiger partial charge on any atom is -0.456 e. The predicted molar refractivity (Wildman–Crippen MR) is 188 cm³/mol. The van der Waals surface area contributed by atoms with Crippen molar-refractivity contribution in [1.29, 1.82) is 0 Å². The number of rotatable bonds is 4. The molecule has 0 bridgehead atoms. The number of benzene rings is 7. The van der Waals surface area contributed by atoms with Gasteiger partial charge in [-0.15, -0.1) is 0 Å². The Bertz CT molecular complexity index is 2450. The summed E-state index contributed by atoms with van der Waals surface area (Å²) >= 11 is 0. The van der Waals surface area contributed by atoms with E-state index in [9.17, 15) is 0 Å². The fraction of sp³-hybridized carbons (Fsp3) is 0. The summed E-state index contributed by atoms with van der Waals surface area (Å²) in [5, 5.41) is 7.25. The SMILES string of the molecule is c1ccc(-c2c3ccccc3c(-c3ccc(-c4ccc(-c5ccc6oc7ccccc7c6c5)cc4)nc3)c3ccccc23)cc1. The van der Waals surface area contributed by atoms with Crippen LogP contribution in [0.3, 0.4) is 0 Å². The number of furan rings is 1. The van der Waals surface area contributed by atoms with Gasteiger partial charge < -0.3 is 4.42 Å². The van der Waals surface area contributed by atoms with E-state index >= 15 is 0 Å². The van der Waals surface area contributed by atoms with Crippen molar-refractivity contribution >= 4 is 43.5 Å². The standard InChI is InChI=1S/C43H27NO/c1-2-10-30(11-3-1)42-34-13-4-6-15-36(34)43(37-16-7-5-14-35(37)42)32-22-24-39(44-27-32)29-20-18-28(19-21-29)31-23-25-41-38(26-31)33-12-8-9-17-40(33)45-41/h1-27H. The summed E-state index contributed by atoms with van der Waals surface area (Å²) < 4.78 is 6.03. The third-order valence-corrected chi connectivity index (χ3v) is 8.94. The summed E-state index contributed by atoms with van der Waals surface area (Å²) in [5.41, 5.74) is 11.0. The Morgan fingerprint density at radius 1 is 0.333 bits per heavy atom. The summed E-state index contributed by atoms with van der Waals surface area (Å²) in [6.45, 7) is 0. The van der Waals surface area contributed by atoms with Gasteiger partial charge in [0.25, 0.3) is 0 Å². The molecule has 2 heteroatoms. The third-order valence-electron chi connectivity index (χ3n) is 8.94. The Hall–Kier alpha value is -5.99. The van der Waals surface area contributed by atoms with Gasteiger partial charge in [0.05, 0.1) is 5.69 Å². The molecule has 45 heavy (non-hydrogen) atoms. The van der Waals surface area contributed by atoms with Crippen LogP contribution in [0, 0.1) is 0 Å². The maximum atomic E-state index is 6.03. The average Bonchev–Trinajstić information content (AvgIpc) is 3.49. The van der Waals surface area contributed by atoms with Crippen LogP contribution in [0.1, 0.15) is 0 Å². The van der Waals surface area contributed by atoms with Crippen LogP contribution in [-0.2, 0) is 0 Å². The van der Waals surface area contributed by atoms with Gasteiger partial charge in [-0.25, -0.2) is 0 Å². The number of para-hydroxylation sites is 1. The number of hydrogen-bond donors (Lipinski definition) is 0. The Labute approximate surface area is 260 Å². The van der Waals surface area contributed by atoms with Crippen LogP contribution in [0.25, 0.3) is 88.1 Å². The lowest BCUT2D eigenvalue weighted by molar-refractivity contribution is 0.669. The summed E-state index contributed by atoms with van der Waals surface area (Å²) in [6, 6.07) is 55.8. The van der Waals surface area contributed by atoms with E-state index in [1.165, 1.54) is 49.4 Å². The van der Waals surface area contributed by atoms with Crippen molar-refractivity contribution in [3.05, 3.63) is 164 Å². The predicted octanol–water partition coefficient (Wildman–Crippen LogP) is 12.0. The second-order valence-electron chi connectivity index (χ2n) is 11.5. The van der Waals surface area contributed by atoms with Gasteiger partial charge in [0.15, 0.2) is 0 Å². The molecule has 0 saturated heterocycles. The van der Waals surface area contributed by atoms with Gasteiger partial charge in [-0.2, -0.15) is 0 Å². The van der Waals surface area contributed by atoms with Crippen LogP contribution >= 0.6 is 0 Å². The molecule has 0 radical (unpaired) electrons. The van der Waals surface area contributed by atoms with Crippen LogP contribution < -0.4 is 0 Å². The van der Waals surface area contributed by atoms with E-state index in [1.807, 2.05) is 18.3 Å². The van der Waals surface area contributed by atoms with Crippen molar-refractivity contribution in [3.63, 3.8) is 0 Å². The van der Waals surface area contributed by atoms with Gasteiger partial charge >= 0.3 is 0 Å². The van der Waals surface area contributed by atoms with Crippen LogP contribution in [0.5, 0.6) is 0 Å². The molecule has 210 valence electrons. The van der Waals surface area contributed by atoms with Gasteiger partial charge in [0.1, 0.15) is 11.2 Å². The van der Waals surface area contributed by atoms with Gasteiger partial charge in [0, 0.05) is 28.1 Å². The first-order valence-electron chi connectivity index (χ1n) is 15.3. The molecule has 7 aromatic carbocycles. The Kier molecular flexibility index (Phi) is 5.85. The van der Waals surface area contributed by atoms with Crippen molar-refractivity contribution in [1.82, 2.24) is 4.98 Å². The van der Waals surface area contributed by atoms with Gasteiger partial charge in [-0.05, 0) is 73.6 Å². The first-order valence-corrected chi connectivity index (χ1v) is 15.3. The van der Waals surface area contributed by atoms with E-state index in [0.717, 1.165) is 38.8 Å². The molecule has 0 N–H and O–H groups in total. The lowest BCUT2D eigenvalue weighted by Crippen LogP contribution is -1.92. The van der Waals surface area contributed by atoms with E-state index in [2.05, 4.69) is 146 Å². The normalized spacial score (nSPS) is 11.6. The minimum atomic E-state index is 0.913. The van der Waals surface area contributed by atoms with Gasteiger partial charge in [-0.3, -0.25) is 4.98 Å². The molecule has 0 fully saturated rings. The molecule has 0 spiro atoms. The summed E-state index contributed by atoms with van der Waals surface area (Å²) in [6.07, 6.45) is 2.03. The number of hydrogen-bond acceptors (Lipinski definition) is 2. The van der Waals surface area contributed by atoms with Crippen molar-refractivity contribution in [3.8, 4) is 44.6 Å². The molecule has 0 aliphatic rings. The van der Waals surface area contributed by atoms with E-state index in [0.29, 0.717) is 0 Å². The summed E-state index contributed by atoms with van der Waals surface area (Å²) in [5.74, 6) is 0. The lowest BCUT2D eigenvalue weighted by atomic mass is 9.86. The number of fused-ring (bicyclic) bond motifs is 5. The van der Waals surface area contributed by atoms with Crippen LogP contribution in [0.15, 0.2) is 168 Å². The molecular weight excluding hydrogens is 546 g/mol. The van der Waals surface area contributed by atoms with E-state index in [4.69, 9.17) is 9.40 Å². The van der Waals surface area contributed by atoms with Crippen LogP contribution in [0.4, 0.5) is 0 Å². The highest BCUT2D eigenvalue weighted by Gasteiger charge is 2.16. The smallest absolute Gasteiger partial charge is 0.135 e. The summed E-state index contributed by atoms with van der Waals surface area (Å²) in [4.78, 5) is 4.98. The fourth-order valence-electron chi connectivity index (χ4n) is 6.81. The quantitative estimate of drug-likeness (QED) is 0.196. The number of nitrogens with zero attached hydrogens (tertiary/aromatic N) is 1. The fourth-order valence-corrected chi connectivity index (χ4v) is 6.81. The maximum absolute atomic E-state index is 6.03. The van der Waals surface area contributed by atoms with Crippen LogP contribution in [-0.4, -0.2) is 4.98 Å². The third kappa shape index (κ3) is 4.22. The second kappa shape index (κ2) is 10.3. The summed E-state index contributed by atoms with van der Waals surface area (Å²) in [7, 11) is 0. The molecule has 0 atom stereocenters. The van der Waals surface area contributed by atoms with E-state index in [-0.39, 0.29) is 0 Å². The van der Waals surface area contributed by atoms with Crippen LogP contribution in [0.2, 0.25) is 0 Å². The topological polar surface area (TPSA) is 26.0 Å². The Balaban J connectivity index is 1.10. The zero-order valence-corrected chi connectivity index (χ0v) is 24.4. The molecule has 0 unspecified atom stereocenters. The van der Waals surface area contributed by atoms with E-state index in [1.54, 1.807) is 0 Å². The first-order chi connectivity index (χ1) is 22.3. The maximum Gasteiger partial charge on any atom is 0.135 e. The molecular formula is C43H27NO. The highest BCUT2D eigenvalue weighted by atomic mass is 16.3. The van der Waals surface area contributed by atoms with E-state index < -0.39 is 0 Å². The molecule has 0 aliphatic carbocycles. The number of aromatic nitrogens is 1. The molecule has 9 rings (SSSR count). The molecule has 2 aromatic heterocycles. The zero-order chi connectivity index (χ0) is 29.7. The molecule has 9 aromatic rings. The average molecular weight is 574 g/mol. The molecule has 0 aliphatic heterocycles. The van der Waals surface area contributed by atoms with Crippen molar-refractivity contribution in [2.45, 2.75) is 0 Å².